The smallest absolute Gasteiger partial charge is 0.0618 e. The molecular formula is C12H11IN2. The summed E-state index contributed by atoms with van der Waals surface area (Å²) in [5, 5.41) is 3.31. The molecular weight excluding hydrogens is 299 g/mol. The highest BCUT2D eigenvalue weighted by molar-refractivity contribution is 14.1. The van der Waals surface area contributed by atoms with Crippen molar-refractivity contribution in [3.63, 3.8) is 0 Å². The SMILES string of the molecule is Nc1ccccc1Nc1ccccc1I. The van der Waals surface area contributed by atoms with Gasteiger partial charge in [-0.25, -0.2) is 0 Å². The predicted molar refractivity (Wildman–Crippen MR) is 73.3 cm³/mol. The molecule has 2 aromatic carbocycles. The number of anilines is 3. The first-order valence-electron chi connectivity index (χ1n) is 4.63. The molecule has 0 aliphatic carbocycles. The lowest BCUT2D eigenvalue weighted by Crippen LogP contribution is -1.96. The first kappa shape index (κ1) is 10.3. The van der Waals surface area contributed by atoms with E-state index < -0.39 is 0 Å². The summed E-state index contributed by atoms with van der Waals surface area (Å²) in [7, 11) is 0. The minimum absolute atomic E-state index is 0.761. The van der Waals surface area contributed by atoms with E-state index in [2.05, 4.69) is 34.0 Å². The number of nitrogens with two attached hydrogens (primary N) is 1. The molecule has 0 radical (unpaired) electrons. The normalized spacial score (nSPS) is 9.93. The number of benzene rings is 2. The summed E-state index contributed by atoms with van der Waals surface area (Å²) in [4.78, 5) is 0. The molecule has 0 atom stereocenters. The van der Waals surface area contributed by atoms with Gasteiger partial charge < -0.3 is 11.1 Å². The van der Waals surface area contributed by atoms with Crippen molar-refractivity contribution in [2.75, 3.05) is 11.1 Å². The van der Waals surface area contributed by atoms with Gasteiger partial charge in [-0.05, 0) is 46.9 Å². The van der Waals surface area contributed by atoms with Crippen LogP contribution in [0.15, 0.2) is 48.5 Å². The van der Waals surface area contributed by atoms with Gasteiger partial charge in [0.1, 0.15) is 0 Å². The molecule has 0 aliphatic heterocycles. The standard InChI is InChI=1S/C12H11IN2/c13-9-5-1-3-7-11(9)15-12-8-4-2-6-10(12)14/h1-8,15H,14H2. The van der Waals surface area contributed by atoms with Crippen molar-refractivity contribution in [3.8, 4) is 0 Å². The van der Waals surface area contributed by atoms with Gasteiger partial charge in [0.25, 0.3) is 0 Å². The zero-order valence-corrected chi connectivity index (χ0v) is 10.2. The van der Waals surface area contributed by atoms with E-state index in [-0.39, 0.29) is 0 Å². The van der Waals surface area contributed by atoms with Crippen LogP contribution in [0.4, 0.5) is 17.1 Å². The molecule has 2 rings (SSSR count). The van der Waals surface area contributed by atoms with Crippen molar-refractivity contribution in [2.24, 2.45) is 0 Å². The number of halogens is 1. The van der Waals surface area contributed by atoms with E-state index in [0.717, 1.165) is 17.1 Å². The number of nitrogen functional groups attached to an aromatic ring is 1. The second-order valence-corrected chi connectivity index (χ2v) is 4.35. The van der Waals surface area contributed by atoms with Crippen LogP contribution in [-0.4, -0.2) is 0 Å². The molecule has 0 bridgehead atoms. The number of hydrogen-bond donors (Lipinski definition) is 2. The molecule has 0 saturated heterocycles. The van der Waals surface area contributed by atoms with E-state index in [1.54, 1.807) is 0 Å². The van der Waals surface area contributed by atoms with Gasteiger partial charge in [-0.1, -0.05) is 24.3 Å². The largest absolute Gasteiger partial charge is 0.397 e. The third-order valence-electron chi connectivity index (χ3n) is 2.10. The fourth-order valence-corrected chi connectivity index (χ4v) is 1.84. The third kappa shape index (κ3) is 2.41. The summed E-state index contributed by atoms with van der Waals surface area (Å²) in [6.07, 6.45) is 0. The van der Waals surface area contributed by atoms with Crippen LogP contribution in [0.2, 0.25) is 0 Å². The average Bonchev–Trinajstić information content (AvgIpc) is 2.24. The van der Waals surface area contributed by atoms with Crippen molar-refractivity contribution < 1.29 is 0 Å². The van der Waals surface area contributed by atoms with E-state index in [0.29, 0.717) is 0 Å². The first-order chi connectivity index (χ1) is 7.27. The highest BCUT2D eigenvalue weighted by atomic mass is 127. The van der Waals surface area contributed by atoms with Crippen LogP contribution in [0.1, 0.15) is 0 Å². The predicted octanol–water partition coefficient (Wildman–Crippen LogP) is 3.62. The Bertz CT molecular complexity index is 425. The van der Waals surface area contributed by atoms with Gasteiger partial charge >= 0.3 is 0 Å². The summed E-state index contributed by atoms with van der Waals surface area (Å²) < 4.78 is 1.18. The van der Waals surface area contributed by atoms with Crippen LogP contribution >= 0.6 is 22.6 Å². The summed E-state index contributed by atoms with van der Waals surface area (Å²) >= 11 is 2.30. The lowest BCUT2D eigenvalue weighted by atomic mass is 10.2. The van der Waals surface area contributed by atoms with Crippen LogP contribution in [0.3, 0.4) is 0 Å². The van der Waals surface area contributed by atoms with E-state index in [1.165, 1.54) is 3.57 Å². The van der Waals surface area contributed by atoms with Gasteiger partial charge in [-0.15, -0.1) is 0 Å². The van der Waals surface area contributed by atoms with Crippen LogP contribution in [0.25, 0.3) is 0 Å². The van der Waals surface area contributed by atoms with E-state index >= 15 is 0 Å². The second-order valence-electron chi connectivity index (χ2n) is 3.19. The minimum atomic E-state index is 0.761. The lowest BCUT2D eigenvalue weighted by molar-refractivity contribution is 1.52. The number of hydrogen-bond acceptors (Lipinski definition) is 2. The molecule has 0 saturated carbocycles. The minimum Gasteiger partial charge on any atom is -0.397 e. The van der Waals surface area contributed by atoms with Crippen molar-refractivity contribution >= 4 is 39.7 Å². The Hall–Kier alpha value is -1.23. The van der Waals surface area contributed by atoms with Gasteiger partial charge in [0.2, 0.25) is 0 Å². The molecule has 0 heterocycles. The van der Waals surface area contributed by atoms with E-state index in [1.807, 2.05) is 42.5 Å². The topological polar surface area (TPSA) is 38.0 Å². The Morgan fingerprint density at radius 2 is 1.47 bits per heavy atom. The summed E-state index contributed by atoms with van der Waals surface area (Å²) in [5.41, 5.74) is 8.64. The van der Waals surface area contributed by atoms with Crippen molar-refractivity contribution in [1.29, 1.82) is 0 Å². The monoisotopic (exact) mass is 310 g/mol. The van der Waals surface area contributed by atoms with E-state index in [9.17, 15) is 0 Å². The molecule has 3 heteroatoms. The van der Waals surface area contributed by atoms with Gasteiger partial charge in [-0.2, -0.15) is 0 Å². The number of rotatable bonds is 2. The lowest BCUT2D eigenvalue weighted by Gasteiger charge is -2.10. The zero-order valence-electron chi connectivity index (χ0n) is 8.07. The molecule has 76 valence electrons. The molecule has 0 spiro atoms. The molecule has 3 N–H and O–H groups in total. The Kier molecular flexibility index (Phi) is 3.11. The molecule has 0 amide bonds. The molecule has 0 unspecified atom stereocenters. The van der Waals surface area contributed by atoms with Crippen molar-refractivity contribution in [2.45, 2.75) is 0 Å². The quantitative estimate of drug-likeness (QED) is 0.657. The number of nitrogens with one attached hydrogen (secondary N) is 1. The van der Waals surface area contributed by atoms with Crippen LogP contribution in [-0.2, 0) is 0 Å². The molecule has 0 aromatic heterocycles. The Morgan fingerprint density at radius 1 is 0.867 bits per heavy atom. The van der Waals surface area contributed by atoms with Gasteiger partial charge in [-0.3, -0.25) is 0 Å². The average molecular weight is 310 g/mol. The molecule has 2 aromatic rings. The summed E-state index contributed by atoms with van der Waals surface area (Å²) in [5.74, 6) is 0. The summed E-state index contributed by atoms with van der Waals surface area (Å²) in [6.45, 7) is 0. The highest BCUT2D eigenvalue weighted by Gasteiger charge is 2.00. The van der Waals surface area contributed by atoms with E-state index in [4.69, 9.17) is 5.73 Å². The van der Waals surface area contributed by atoms with Crippen molar-refractivity contribution in [1.82, 2.24) is 0 Å². The summed E-state index contributed by atoms with van der Waals surface area (Å²) in [6, 6.07) is 15.9. The van der Waals surface area contributed by atoms with Crippen LogP contribution < -0.4 is 11.1 Å². The molecule has 2 nitrogen and oxygen atoms in total. The zero-order chi connectivity index (χ0) is 10.7. The Balaban J connectivity index is 2.30. The fourth-order valence-electron chi connectivity index (χ4n) is 1.32. The van der Waals surface area contributed by atoms with Gasteiger partial charge in [0.05, 0.1) is 17.1 Å². The van der Waals surface area contributed by atoms with Crippen LogP contribution in [0.5, 0.6) is 0 Å². The highest BCUT2D eigenvalue weighted by Crippen LogP contribution is 2.25. The van der Waals surface area contributed by atoms with Gasteiger partial charge in [0, 0.05) is 3.57 Å². The first-order valence-corrected chi connectivity index (χ1v) is 5.71. The van der Waals surface area contributed by atoms with Gasteiger partial charge in [0.15, 0.2) is 0 Å². The second kappa shape index (κ2) is 4.53. The van der Waals surface area contributed by atoms with Crippen molar-refractivity contribution in [3.05, 3.63) is 52.1 Å². The van der Waals surface area contributed by atoms with Crippen LogP contribution in [0, 0.1) is 3.57 Å². The molecule has 0 fully saturated rings. The Labute approximate surface area is 103 Å². The molecule has 15 heavy (non-hydrogen) atoms. The third-order valence-corrected chi connectivity index (χ3v) is 3.04. The maximum absolute atomic E-state index is 5.85. The Morgan fingerprint density at radius 3 is 2.13 bits per heavy atom. The maximum atomic E-state index is 5.85. The maximum Gasteiger partial charge on any atom is 0.0618 e. The molecule has 0 aliphatic rings. The fraction of sp³-hybridized carbons (Fsp3) is 0. The number of para-hydroxylation sites is 3.